The fourth-order valence-electron chi connectivity index (χ4n) is 2.80. The van der Waals surface area contributed by atoms with E-state index in [0.717, 1.165) is 5.56 Å². The Balaban J connectivity index is 2.18. The van der Waals surface area contributed by atoms with Crippen molar-refractivity contribution in [3.63, 3.8) is 0 Å². The molecular weight excluding hydrogens is 400 g/mol. The molecule has 0 radical (unpaired) electrons. The summed E-state index contributed by atoms with van der Waals surface area (Å²) >= 11 is 6.15. The average Bonchev–Trinajstić information content (AvgIpc) is 2.60. The van der Waals surface area contributed by atoms with Gasteiger partial charge in [-0.2, -0.15) is 4.31 Å². The van der Waals surface area contributed by atoms with Gasteiger partial charge in [-0.25, -0.2) is 13.2 Å². The van der Waals surface area contributed by atoms with Crippen molar-refractivity contribution >= 4 is 44.8 Å². The molecule has 2 aromatic rings. The fourth-order valence-corrected chi connectivity index (χ4v) is 4.56. The summed E-state index contributed by atoms with van der Waals surface area (Å²) < 4.78 is 27.1. The highest BCUT2D eigenvalue weighted by Crippen LogP contribution is 2.38. The number of rotatable bonds is 3. The molecule has 6 nitrogen and oxygen atoms in total. The van der Waals surface area contributed by atoms with Crippen molar-refractivity contribution in [1.82, 2.24) is 0 Å². The van der Waals surface area contributed by atoms with Gasteiger partial charge in [0.05, 0.1) is 17.9 Å². The van der Waals surface area contributed by atoms with Crippen molar-refractivity contribution in [1.29, 1.82) is 0 Å². The molecular formula is C20H21ClN2O4S. The summed E-state index contributed by atoms with van der Waals surface area (Å²) in [7, 11) is -4.15. The molecule has 8 heteroatoms. The molecule has 2 amide bonds. The first-order valence-corrected chi connectivity index (χ1v) is 10.5. The van der Waals surface area contributed by atoms with Crippen LogP contribution < -0.4 is 9.21 Å². The van der Waals surface area contributed by atoms with E-state index < -0.39 is 21.5 Å². The number of hydrogen-bond donors (Lipinski definition) is 0. The van der Waals surface area contributed by atoms with E-state index in [-0.39, 0.29) is 28.6 Å². The third-order valence-electron chi connectivity index (χ3n) is 4.61. The fraction of sp³-hybridized carbons (Fsp3) is 0.300. The van der Waals surface area contributed by atoms with Crippen LogP contribution in [0.5, 0.6) is 0 Å². The zero-order chi connectivity index (χ0) is 20.9. The van der Waals surface area contributed by atoms with Gasteiger partial charge in [-0.15, -0.1) is 0 Å². The minimum absolute atomic E-state index is 0.0343. The number of halogens is 1. The second kappa shape index (κ2) is 6.90. The first kappa shape index (κ1) is 20.4. The van der Waals surface area contributed by atoms with E-state index in [4.69, 9.17) is 11.6 Å². The van der Waals surface area contributed by atoms with Crippen LogP contribution in [0.4, 0.5) is 16.2 Å². The van der Waals surface area contributed by atoms with Crippen LogP contribution in [0.1, 0.15) is 26.3 Å². The molecule has 148 valence electrons. The summed E-state index contributed by atoms with van der Waals surface area (Å²) in [6, 6.07) is 9.96. The second-order valence-electron chi connectivity index (χ2n) is 7.71. The van der Waals surface area contributed by atoms with Crippen molar-refractivity contribution in [3.8, 4) is 0 Å². The van der Waals surface area contributed by atoms with Crippen LogP contribution in [-0.2, 0) is 14.8 Å². The van der Waals surface area contributed by atoms with Gasteiger partial charge in [0.1, 0.15) is 4.90 Å². The van der Waals surface area contributed by atoms with E-state index in [9.17, 15) is 18.0 Å². The second-order valence-corrected chi connectivity index (χ2v) is 9.87. The molecule has 1 aliphatic heterocycles. The predicted molar refractivity (Wildman–Crippen MR) is 109 cm³/mol. The third-order valence-corrected chi connectivity index (χ3v) is 6.76. The number of anilines is 2. The van der Waals surface area contributed by atoms with Gasteiger partial charge in [-0.3, -0.25) is 9.69 Å². The minimum Gasteiger partial charge on any atom is -0.297 e. The van der Waals surface area contributed by atoms with Crippen LogP contribution in [-0.4, -0.2) is 26.8 Å². The van der Waals surface area contributed by atoms with Crippen molar-refractivity contribution in [2.75, 3.05) is 15.7 Å². The SMILES string of the molecule is Cc1ccc(N2C(=O)N(CC(=O)C(C)(C)C)c3ccccc3S2(=O)=O)cc1Cl. The number of carbonyl (C=O) groups excluding carboxylic acids is 2. The highest BCUT2D eigenvalue weighted by Gasteiger charge is 2.43. The summed E-state index contributed by atoms with van der Waals surface area (Å²) in [5.74, 6) is -0.183. The van der Waals surface area contributed by atoms with E-state index in [0.29, 0.717) is 9.33 Å². The number of fused-ring (bicyclic) bond motifs is 1. The number of amides is 2. The zero-order valence-electron chi connectivity index (χ0n) is 16.1. The first-order valence-electron chi connectivity index (χ1n) is 8.70. The Morgan fingerprint density at radius 3 is 2.36 bits per heavy atom. The lowest BCUT2D eigenvalue weighted by atomic mass is 9.90. The molecule has 0 saturated carbocycles. The molecule has 0 fully saturated rings. The minimum atomic E-state index is -4.15. The molecule has 0 bridgehead atoms. The molecule has 0 atom stereocenters. The van der Waals surface area contributed by atoms with Crippen molar-refractivity contribution in [3.05, 3.63) is 53.1 Å². The largest absolute Gasteiger partial charge is 0.343 e. The number of ketones is 1. The molecule has 0 aliphatic carbocycles. The van der Waals surface area contributed by atoms with Gasteiger partial charge in [0.25, 0.3) is 10.0 Å². The summed E-state index contributed by atoms with van der Waals surface area (Å²) in [4.78, 5) is 27.0. The first-order chi connectivity index (χ1) is 12.9. The van der Waals surface area contributed by atoms with Gasteiger partial charge in [-0.05, 0) is 36.8 Å². The molecule has 28 heavy (non-hydrogen) atoms. The third kappa shape index (κ3) is 3.40. The molecule has 0 aromatic heterocycles. The Morgan fingerprint density at radius 2 is 1.75 bits per heavy atom. The standard InChI is InChI=1S/C20H21ClN2O4S/c1-13-9-10-14(11-15(13)21)23-19(25)22(12-18(24)20(2,3)4)16-7-5-6-8-17(16)28(23,26)27/h5-11H,12H2,1-4H3. The van der Waals surface area contributed by atoms with E-state index in [1.165, 1.54) is 29.2 Å². The Hall–Kier alpha value is -2.38. The molecule has 0 N–H and O–H groups in total. The van der Waals surface area contributed by atoms with Gasteiger partial charge in [0.15, 0.2) is 5.78 Å². The molecule has 3 rings (SSSR count). The Kier molecular flexibility index (Phi) is 5.02. The summed E-state index contributed by atoms with van der Waals surface area (Å²) in [6.45, 7) is 6.81. The molecule has 0 unspecified atom stereocenters. The van der Waals surface area contributed by atoms with Gasteiger partial charge in [0, 0.05) is 10.4 Å². The van der Waals surface area contributed by atoms with Crippen LogP contribution in [0.25, 0.3) is 0 Å². The number of carbonyl (C=O) groups is 2. The molecule has 0 spiro atoms. The highest BCUT2D eigenvalue weighted by molar-refractivity contribution is 7.94. The summed E-state index contributed by atoms with van der Waals surface area (Å²) in [6.07, 6.45) is 0. The van der Waals surface area contributed by atoms with Gasteiger partial charge in [-0.1, -0.05) is 50.6 Å². The zero-order valence-corrected chi connectivity index (χ0v) is 17.6. The maximum atomic E-state index is 13.2. The van der Waals surface area contributed by atoms with Crippen LogP contribution in [0, 0.1) is 12.3 Å². The van der Waals surface area contributed by atoms with Crippen LogP contribution in [0.2, 0.25) is 5.02 Å². The van der Waals surface area contributed by atoms with Crippen LogP contribution in [0.15, 0.2) is 47.4 Å². The lowest BCUT2D eigenvalue weighted by Crippen LogP contribution is -2.53. The number of benzene rings is 2. The number of hydrogen-bond acceptors (Lipinski definition) is 4. The predicted octanol–water partition coefficient (Wildman–Crippen LogP) is 4.40. The summed E-state index contributed by atoms with van der Waals surface area (Å²) in [5, 5.41) is 0.344. The van der Waals surface area contributed by atoms with E-state index >= 15 is 0 Å². The quantitative estimate of drug-likeness (QED) is 0.737. The van der Waals surface area contributed by atoms with Gasteiger partial charge in [0.2, 0.25) is 0 Å². The maximum absolute atomic E-state index is 13.2. The van der Waals surface area contributed by atoms with Gasteiger partial charge >= 0.3 is 6.03 Å². The Labute approximate surface area is 169 Å². The van der Waals surface area contributed by atoms with Crippen LogP contribution >= 0.6 is 11.6 Å². The van der Waals surface area contributed by atoms with Crippen molar-refractivity contribution in [2.45, 2.75) is 32.6 Å². The Bertz CT molecular complexity index is 1070. The van der Waals surface area contributed by atoms with E-state index in [2.05, 4.69) is 0 Å². The maximum Gasteiger partial charge on any atom is 0.343 e. The normalized spacial score (nSPS) is 16.1. The molecule has 0 saturated heterocycles. The number of para-hydroxylation sites is 1. The lowest BCUT2D eigenvalue weighted by Gasteiger charge is -2.36. The number of Topliss-reactive ketones (excluding diaryl/α,β-unsaturated/α-hetero) is 1. The number of aryl methyl sites for hydroxylation is 1. The molecule has 1 heterocycles. The average molecular weight is 421 g/mol. The summed E-state index contributed by atoms with van der Waals surface area (Å²) in [5.41, 5.74) is 0.402. The van der Waals surface area contributed by atoms with Crippen molar-refractivity contribution < 1.29 is 18.0 Å². The van der Waals surface area contributed by atoms with Gasteiger partial charge < -0.3 is 0 Å². The Morgan fingerprint density at radius 1 is 1.11 bits per heavy atom. The number of nitrogens with zero attached hydrogens (tertiary/aromatic N) is 2. The number of sulfonamides is 1. The topological polar surface area (TPSA) is 74.8 Å². The monoisotopic (exact) mass is 420 g/mol. The molecule has 2 aromatic carbocycles. The smallest absolute Gasteiger partial charge is 0.297 e. The van der Waals surface area contributed by atoms with E-state index in [1.54, 1.807) is 45.9 Å². The van der Waals surface area contributed by atoms with Crippen LogP contribution in [0.3, 0.4) is 0 Å². The molecule has 1 aliphatic rings. The van der Waals surface area contributed by atoms with E-state index in [1.807, 2.05) is 0 Å². The highest BCUT2D eigenvalue weighted by atomic mass is 35.5. The number of urea groups is 1. The van der Waals surface area contributed by atoms with Crippen molar-refractivity contribution in [2.24, 2.45) is 5.41 Å². The lowest BCUT2D eigenvalue weighted by molar-refractivity contribution is -0.124.